The molecule has 1 unspecified atom stereocenters. The van der Waals surface area contributed by atoms with E-state index in [2.05, 4.69) is 0 Å². The zero-order valence-corrected chi connectivity index (χ0v) is 7.55. The Hall–Kier alpha value is -0.570. The average molecular weight is 157 g/mol. The maximum Gasteiger partial charge on any atom is 0.248 e. The van der Waals surface area contributed by atoms with Gasteiger partial charge in [0.05, 0.1) is 11.6 Å². The van der Waals surface area contributed by atoms with Crippen LogP contribution in [0.2, 0.25) is 0 Å². The van der Waals surface area contributed by atoms with E-state index in [4.69, 9.17) is 4.74 Å². The van der Waals surface area contributed by atoms with Crippen LogP contribution >= 0.6 is 0 Å². The molecule has 64 valence electrons. The lowest BCUT2D eigenvalue weighted by molar-refractivity contribution is -0.166. The Balaban J connectivity index is 2.75. The van der Waals surface area contributed by atoms with Crippen molar-refractivity contribution in [2.75, 3.05) is 13.7 Å². The Morgan fingerprint density at radius 3 is 2.64 bits per heavy atom. The number of hydrogen-bond acceptors (Lipinski definition) is 2. The van der Waals surface area contributed by atoms with Crippen molar-refractivity contribution in [2.45, 2.75) is 32.4 Å². The SMILES string of the molecule is CC1N(C)C(=O)COC1(C)C. The van der Waals surface area contributed by atoms with Gasteiger partial charge in [-0.25, -0.2) is 0 Å². The lowest BCUT2D eigenvalue weighted by atomic mass is 9.97. The van der Waals surface area contributed by atoms with Crippen LogP contribution in [0.3, 0.4) is 0 Å². The molecule has 0 spiro atoms. The highest BCUT2D eigenvalue weighted by molar-refractivity contribution is 5.78. The first-order valence-electron chi connectivity index (χ1n) is 3.85. The van der Waals surface area contributed by atoms with Crippen molar-refractivity contribution in [3.63, 3.8) is 0 Å². The number of rotatable bonds is 0. The van der Waals surface area contributed by atoms with E-state index >= 15 is 0 Å². The lowest BCUT2D eigenvalue weighted by Gasteiger charge is -2.42. The molecule has 0 radical (unpaired) electrons. The minimum absolute atomic E-state index is 0.0665. The number of carbonyl (C=O) groups excluding carboxylic acids is 1. The summed E-state index contributed by atoms with van der Waals surface area (Å²) in [7, 11) is 1.82. The molecule has 0 aliphatic carbocycles. The Labute approximate surface area is 67.3 Å². The monoisotopic (exact) mass is 157 g/mol. The molecular weight excluding hydrogens is 142 g/mol. The first kappa shape index (κ1) is 8.53. The first-order chi connectivity index (χ1) is 4.95. The normalized spacial score (nSPS) is 30.7. The molecular formula is C8H15NO2. The number of nitrogens with zero attached hydrogens (tertiary/aromatic N) is 1. The van der Waals surface area contributed by atoms with Gasteiger partial charge in [-0.05, 0) is 20.8 Å². The maximum atomic E-state index is 11.1. The Morgan fingerprint density at radius 2 is 2.18 bits per heavy atom. The van der Waals surface area contributed by atoms with Crippen molar-refractivity contribution in [2.24, 2.45) is 0 Å². The fraction of sp³-hybridized carbons (Fsp3) is 0.875. The molecule has 1 heterocycles. The molecule has 3 nitrogen and oxygen atoms in total. The van der Waals surface area contributed by atoms with Crippen LogP contribution in [-0.2, 0) is 9.53 Å². The van der Waals surface area contributed by atoms with Gasteiger partial charge < -0.3 is 9.64 Å². The van der Waals surface area contributed by atoms with E-state index in [1.54, 1.807) is 4.90 Å². The standard InChI is InChI=1S/C8H15NO2/c1-6-8(2,3)11-5-7(10)9(6)4/h6H,5H2,1-4H3. The van der Waals surface area contributed by atoms with Crippen molar-refractivity contribution < 1.29 is 9.53 Å². The third-order valence-corrected chi connectivity index (χ3v) is 2.55. The molecule has 0 aromatic heterocycles. The molecule has 0 aromatic carbocycles. The molecule has 0 saturated carbocycles. The second-order valence-electron chi connectivity index (χ2n) is 3.57. The van der Waals surface area contributed by atoms with Crippen LogP contribution in [0.15, 0.2) is 0 Å². The first-order valence-corrected chi connectivity index (χ1v) is 3.85. The van der Waals surface area contributed by atoms with Crippen LogP contribution < -0.4 is 0 Å². The summed E-state index contributed by atoms with van der Waals surface area (Å²) < 4.78 is 5.37. The van der Waals surface area contributed by atoms with E-state index in [9.17, 15) is 4.79 Å². The van der Waals surface area contributed by atoms with Gasteiger partial charge in [-0.3, -0.25) is 4.79 Å². The van der Waals surface area contributed by atoms with Crippen molar-refractivity contribution in [1.82, 2.24) is 4.90 Å². The molecule has 0 bridgehead atoms. The summed E-state index contributed by atoms with van der Waals surface area (Å²) in [4.78, 5) is 12.8. The third kappa shape index (κ3) is 1.38. The summed E-state index contributed by atoms with van der Waals surface area (Å²) in [5.41, 5.74) is -0.206. The number of carbonyl (C=O) groups is 1. The van der Waals surface area contributed by atoms with Crippen molar-refractivity contribution in [3.8, 4) is 0 Å². The van der Waals surface area contributed by atoms with Gasteiger partial charge >= 0.3 is 0 Å². The van der Waals surface area contributed by atoms with E-state index in [-0.39, 0.29) is 24.2 Å². The van der Waals surface area contributed by atoms with E-state index in [0.29, 0.717) is 0 Å². The van der Waals surface area contributed by atoms with Crippen LogP contribution in [0.25, 0.3) is 0 Å². The topological polar surface area (TPSA) is 29.5 Å². The zero-order valence-electron chi connectivity index (χ0n) is 7.55. The maximum absolute atomic E-state index is 11.1. The van der Waals surface area contributed by atoms with Crippen LogP contribution in [0.4, 0.5) is 0 Å². The van der Waals surface area contributed by atoms with Gasteiger partial charge in [0.25, 0.3) is 0 Å². The molecule has 1 atom stereocenters. The predicted octanol–water partition coefficient (Wildman–Crippen LogP) is 0.642. The smallest absolute Gasteiger partial charge is 0.248 e. The minimum Gasteiger partial charge on any atom is -0.364 e. The molecule has 11 heavy (non-hydrogen) atoms. The molecule has 1 fully saturated rings. The molecule has 1 aliphatic rings. The highest BCUT2D eigenvalue weighted by atomic mass is 16.5. The summed E-state index contributed by atoms with van der Waals surface area (Å²) in [5.74, 6) is 0.0665. The second kappa shape index (κ2) is 2.48. The number of likely N-dealkylation sites (N-methyl/N-ethyl adjacent to an activating group) is 1. The van der Waals surface area contributed by atoms with Gasteiger partial charge in [0.1, 0.15) is 6.61 Å². The zero-order chi connectivity index (χ0) is 8.65. The second-order valence-corrected chi connectivity index (χ2v) is 3.57. The van der Waals surface area contributed by atoms with Gasteiger partial charge in [0.2, 0.25) is 5.91 Å². The fourth-order valence-corrected chi connectivity index (χ4v) is 1.15. The van der Waals surface area contributed by atoms with Crippen molar-refractivity contribution >= 4 is 5.91 Å². The van der Waals surface area contributed by atoms with E-state index in [1.165, 1.54) is 0 Å². The Kier molecular flexibility index (Phi) is 1.92. The largest absolute Gasteiger partial charge is 0.364 e. The molecule has 1 saturated heterocycles. The van der Waals surface area contributed by atoms with Crippen LogP contribution in [-0.4, -0.2) is 36.1 Å². The predicted molar refractivity (Wildman–Crippen MR) is 42.3 cm³/mol. The lowest BCUT2D eigenvalue weighted by Crippen LogP contribution is -2.56. The fourth-order valence-electron chi connectivity index (χ4n) is 1.15. The highest BCUT2D eigenvalue weighted by Gasteiger charge is 2.37. The number of morpholine rings is 1. The number of amides is 1. The third-order valence-electron chi connectivity index (χ3n) is 2.55. The molecule has 1 rings (SSSR count). The molecule has 1 amide bonds. The minimum atomic E-state index is -0.206. The average Bonchev–Trinajstić information content (AvgIpc) is 1.95. The summed E-state index contributed by atoms with van der Waals surface area (Å²) in [6.07, 6.45) is 0. The van der Waals surface area contributed by atoms with Crippen LogP contribution in [0.5, 0.6) is 0 Å². The van der Waals surface area contributed by atoms with Gasteiger partial charge in [-0.15, -0.1) is 0 Å². The van der Waals surface area contributed by atoms with Crippen LogP contribution in [0.1, 0.15) is 20.8 Å². The molecule has 1 aliphatic heterocycles. The van der Waals surface area contributed by atoms with Gasteiger partial charge in [-0.1, -0.05) is 0 Å². The van der Waals surface area contributed by atoms with Crippen molar-refractivity contribution in [3.05, 3.63) is 0 Å². The van der Waals surface area contributed by atoms with Gasteiger partial charge in [0.15, 0.2) is 0 Å². The summed E-state index contributed by atoms with van der Waals surface area (Å²) in [6.45, 7) is 6.21. The highest BCUT2D eigenvalue weighted by Crippen LogP contribution is 2.23. The van der Waals surface area contributed by atoms with E-state index in [0.717, 1.165) is 0 Å². The van der Waals surface area contributed by atoms with Crippen molar-refractivity contribution in [1.29, 1.82) is 0 Å². The van der Waals surface area contributed by atoms with E-state index < -0.39 is 0 Å². The Bertz CT molecular complexity index is 177. The van der Waals surface area contributed by atoms with Gasteiger partial charge in [0, 0.05) is 7.05 Å². The number of ether oxygens (including phenoxy) is 1. The summed E-state index contributed by atoms with van der Waals surface area (Å²) in [5, 5.41) is 0. The number of hydrogen-bond donors (Lipinski definition) is 0. The quantitative estimate of drug-likeness (QED) is 0.516. The van der Waals surface area contributed by atoms with Gasteiger partial charge in [-0.2, -0.15) is 0 Å². The van der Waals surface area contributed by atoms with Crippen LogP contribution in [0, 0.1) is 0 Å². The molecule has 0 aromatic rings. The summed E-state index contributed by atoms with van der Waals surface area (Å²) >= 11 is 0. The molecule has 0 N–H and O–H groups in total. The molecule has 3 heteroatoms. The summed E-state index contributed by atoms with van der Waals surface area (Å²) in [6, 6.07) is 0.156. The Morgan fingerprint density at radius 1 is 1.64 bits per heavy atom. The van der Waals surface area contributed by atoms with E-state index in [1.807, 2.05) is 27.8 Å².